The van der Waals surface area contributed by atoms with Crippen LogP contribution in [0.25, 0.3) is 0 Å². The summed E-state index contributed by atoms with van der Waals surface area (Å²) < 4.78 is 5.26. The summed E-state index contributed by atoms with van der Waals surface area (Å²) >= 11 is 0. The highest BCUT2D eigenvalue weighted by Gasteiger charge is 2.13. The number of rotatable bonds is 3. The van der Waals surface area contributed by atoms with Crippen LogP contribution in [-0.4, -0.2) is 24.6 Å². The maximum atomic E-state index is 11.0. The average Bonchev–Trinajstić information content (AvgIpc) is 2.54. The minimum absolute atomic E-state index is 0.00784. The fourth-order valence-electron chi connectivity index (χ4n) is 2.05. The average molecular weight is 293 g/mol. The van der Waals surface area contributed by atoms with Crippen molar-refractivity contribution < 1.29 is 9.53 Å². The number of aliphatic imine (C=N–C) groups is 1. The molecule has 5 heteroatoms. The number of benzene rings is 2. The Kier molecular flexibility index (Phi) is 3.96. The van der Waals surface area contributed by atoms with Crippen LogP contribution in [0, 0.1) is 6.92 Å². The molecular formula is C17H15N3O2. The minimum Gasteiger partial charge on any atom is -0.466 e. The van der Waals surface area contributed by atoms with Gasteiger partial charge >= 0.3 is 0 Å². The molecule has 0 radical (unpaired) electrons. The van der Waals surface area contributed by atoms with Gasteiger partial charge in [0.1, 0.15) is 0 Å². The lowest BCUT2D eigenvalue weighted by molar-refractivity contribution is -0.124. The minimum atomic E-state index is -0.247. The Balaban J connectivity index is 1.73. The predicted octanol–water partition coefficient (Wildman–Crippen LogP) is 2.55. The molecule has 0 saturated heterocycles. The Hall–Kier alpha value is -2.95. The number of nitrogens with one attached hydrogen (secondary N) is 1. The van der Waals surface area contributed by atoms with E-state index in [4.69, 9.17) is 4.74 Å². The Bertz CT molecular complexity index is 749. The number of hydrogen-bond acceptors (Lipinski definition) is 4. The normalized spacial score (nSPS) is 14.4. The third-order valence-corrected chi connectivity index (χ3v) is 3.14. The van der Waals surface area contributed by atoms with Gasteiger partial charge in [-0.25, -0.2) is 5.43 Å². The second kappa shape index (κ2) is 6.22. The lowest BCUT2D eigenvalue weighted by Crippen LogP contribution is -2.32. The van der Waals surface area contributed by atoms with E-state index in [9.17, 15) is 4.79 Å². The summed E-state index contributed by atoms with van der Waals surface area (Å²) in [5.41, 5.74) is 6.30. The quantitative estimate of drug-likeness (QED) is 0.884. The van der Waals surface area contributed by atoms with Gasteiger partial charge < -0.3 is 4.74 Å². The van der Waals surface area contributed by atoms with Gasteiger partial charge in [0.2, 0.25) is 5.90 Å². The number of carbonyl (C=O) groups is 1. The largest absolute Gasteiger partial charge is 0.466 e. The zero-order valence-electron chi connectivity index (χ0n) is 12.1. The van der Waals surface area contributed by atoms with Crippen LogP contribution in [0.4, 0.5) is 5.69 Å². The monoisotopic (exact) mass is 293 g/mol. The van der Waals surface area contributed by atoms with Gasteiger partial charge in [0.05, 0.1) is 5.69 Å². The first-order chi connectivity index (χ1) is 10.7. The van der Waals surface area contributed by atoms with Crippen molar-refractivity contribution >= 4 is 23.7 Å². The summed E-state index contributed by atoms with van der Waals surface area (Å²) in [7, 11) is 0. The molecule has 2 aromatic carbocycles. The van der Waals surface area contributed by atoms with Gasteiger partial charge in [0, 0.05) is 11.8 Å². The molecule has 110 valence electrons. The van der Waals surface area contributed by atoms with Crippen LogP contribution in [0.3, 0.4) is 0 Å². The topological polar surface area (TPSA) is 63.0 Å². The van der Waals surface area contributed by atoms with E-state index in [0.29, 0.717) is 5.90 Å². The Morgan fingerprint density at radius 3 is 2.73 bits per heavy atom. The first kappa shape index (κ1) is 14.0. The first-order valence-electron chi connectivity index (χ1n) is 6.91. The molecule has 0 spiro atoms. The molecule has 0 atom stereocenters. The van der Waals surface area contributed by atoms with Crippen molar-refractivity contribution in [3.05, 3.63) is 65.2 Å². The van der Waals surface area contributed by atoms with Crippen LogP contribution in [0.15, 0.2) is 58.6 Å². The number of amides is 1. The molecule has 0 saturated carbocycles. The van der Waals surface area contributed by atoms with Crippen LogP contribution in [0.5, 0.6) is 0 Å². The SMILES string of the molecule is Cc1cccc(C=Nc2ccc(C3=NNC(=O)CO3)cc2)c1. The number of ether oxygens (including phenoxy) is 1. The fraction of sp³-hybridized carbons (Fsp3) is 0.118. The van der Waals surface area contributed by atoms with E-state index in [-0.39, 0.29) is 12.5 Å². The number of hydrogen-bond donors (Lipinski definition) is 1. The third-order valence-electron chi connectivity index (χ3n) is 3.14. The van der Waals surface area contributed by atoms with Gasteiger partial charge in [-0.1, -0.05) is 29.8 Å². The highest BCUT2D eigenvalue weighted by atomic mass is 16.5. The molecule has 2 aromatic rings. The van der Waals surface area contributed by atoms with E-state index in [2.05, 4.69) is 34.6 Å². The zero-order chi connectivity index (χ0) is 15.4. The maximum Gasteiger partial charge on any atom is 0.278 e. The molecule has 0 aromatic heterocycles. The second-order valence-electron chi connectivity index (χ2n) is 4.96. The molecular weight excluding hydrogens is 278 g/mol. The van der Waals surface area contributed by atoms with Crippen molar-refractivity contribution in [2.24, 2.45) is 10.1 Å². The van der Waals surface area contributed by atoms with Gasteiger partial charge in [-0.05, 0) is 36.8 Å². The summed E-state index contributed by atoms with van der Waals surface area (Å²) in [4.78, 5) is 15.4. The van der Waals surface area contributed by atoms with E-state index in [0.717, 1.165) is 16.8 Å². The van der Waals surface area contributed by atoms with Crippen LogP contribution >= 0.6 is 0 Å². The number of carbonyl (C=O) groups excluding carboxylic acids is 1. The molecule has 0 unspecified atom stereocenters. The smallest absolute Gasteiger partial charge is 0.278 e. The predicted molar refractivity (Wildman–Crippen MR) is 85.5 cm³/mol. The third kappa shape index (κ3) is 3.38. The maximum absolute atomic E-state index is 11.0. The van der Waals surface area contributed by atoms with E-state index < -0.39 is 0 Å². The highest BCUT2D eigenvalue weighted by molar-refractivity contribution is 5.98. The molecule has 3 rings (SSSR count). The molecule has 0 aliphatic carbocycles. The summed E-state index contributed by atoms with van der Waals surface area (Å²) in [6, 6.07) is 15.6. The van der Waals surface area contributed by atoms with Gasteiger partial charge in [0.15, 0.2) is 6.61 Å². The van der Waals surface area contributed by atoms with Crippen LogP contribution in [0.2, 0.25) is 0 Å². The van der Waals surface area contributed by atoms with Crippen LogP contribution in [-0.2, 0) is 9.53 Å². The van der Waals surface area contributed by atoms with Gasteiger partial charge in [-0.2, -0.15) is 0 Å². The molecule has 0 bridgehead atoms. The van der Waals surface area contributed by atoms with Crippen LogP contribution < -0.4 is 5.43 Å². The highest BCUT2D eigenvalue weighted by Crippen LogP contribution is 2.15. The molecule has 5 nitrogen and oxygen atoms in total. The van der Waals surface area contributed by atoms with Gasteiger partial charge in [-0.3, -0.25) is 9.79 Å². The fourth-order valence-corrected chi connectivity index (χ4v) is 2.05. The van der Waals surface area contributed by atoms with Crippen LogP contribution in [0.1, 0.15) is 16.7 Å². The zero-order valence-corrected chi connectivity index (χ0v) is 12.1. The van der Waals surface area contributed by atoms with Crippen molar-refractivity contribution in [2.45, 2.75) is 6.92 Å². The van der Waals surface area contributed by atoms with Crippen molar-refractivity contribution in [3.63, 3.8) is 0 Å². The van der Waals surface area contributed by atoms with E-state index in [1.165, 1.54) is 5.56 Å². The van der Waals surface area contributed by atoms with Crippen molar-refractivity contribution in [1.29, 1.82) is 0 Å². The lowest BCUT2D eigenvalue weighted by atomic mass is 10.1. The summed E-state index contributed by atoms with van der Waals surface area (Å²) in [6.07, 6.45) is 1.83. The van der Waals surface area contributed by atoms with Crippen molar-refractivity contribution in [1.82, 2.24) is 5.43 Å². The summed E-state index contributed by atoms with van der Waals surface area (Å²) in [5, 5.41) is 3.87. The van der Waals surface area contributed by atoms with Crippen molar-refractivity contribution in [3.8, 4) is 0 Å². The van der Waals surface area contributed by atoms with E-state index >= 15 is 0 Å². The van der Waals surface area contributed by atoms with E-state index in [1.807, 2.05) is 42.6 Å². The molecule has 1 amide bonds. The Morgan fingerprint density at radius 2 is 2.05 bits per heavy atom. The lowest BCUT2D eigenvalue weighted by Gasteiger charge is -2.13. The van der Waals surface area contributed by atoms with Crippen molar-refractivity contribution in [2.75, 3.05) is 6.61 Å². The molecule has 22 heavy (non-hydrogen) atoms. The molecule has 1 aliphatic rings. The van der Waals surface area contributed by atoms with Gasteiger partial charge in [0.25, 0.3) is 5.91 Å². The first-order valence-corrected chi connectivity index (χ1v) is 6.91. The number of hydrazone groups is 1. The second-order valence-corrected chi connectivity index (χ2v) is 4.96. The number of nitrogens with zero attached hydrogens (tertiary/aromatic N) is 2. The van der Waals surface area contributed by atoms with E-state index in [1.54, 1.807) is 0 Å². The summed E-state index contributed by atoms with van der Waals surface area (Å²) in [5.74, 6) is 0.164. The van der Waals surface area contributed by atoms with Gasteiger partial charge in [-0.15, -0.1) is 5.10 Å². The molecule has 1 aliphatic heterocycles. The summed E-state index contributed by atoms with van der Waals surface area (Å²) in [6.45, 7) is 2.04. The Morgan fingerprint density at radius 1 is 1.23 bits per heavy atom. The molecule has 1 heterocycles. The standard InChI is InChI=1S/C17H15N3O2/c1-12-3-2-4-13(9-12)10-18-15-7-5-14(6-8-15)17-20-19-16(21)11-22-17/h2-10H,11H2,1H3,(H,19,21). The number of aryl methyl sites for hydroxylation is 1. The molecule has 0 fully saturated rings. The Labute approximate surface area is 128 Å². The molecule has 1 N–H and O–H groups in total.